The van der Waals surface area contributed by atoms with Crippen LogP contribution in [0.3, 0.4) is 0 Å². The van der Waals surface area contributed by atoms with Gasteiger partial charge in [-0.05, 0) is 36.5 Å². The van der Waals surface area contributed by atoms with Gasteiger partial charge in [0.15, 0.2) is 0 Å². The van der Waals surface area contributed by atoms with E-state index in [4.69, 9.17) is 4.74 Å². The Balaban J connectivity index is 0.00000208. The number of aliphatic hydroxyl groups excluding tert-OH is 1. The Hall–Kier alpha value is -1.06. The maximum Gasteiger partial charge on any atom is 1.00 e. The van der Waals surface area contributed by atoms with E-state index < -0.39 is 23.1 Å². The number of nitrogens with zero attached hydrogens (tertiary/aromatic N) is 1. The van der Waals surface area contributed by atoms with Crippen molar-refractivity contribution in [1.82, 2.24) is 0 Å². The third-order valence-corrected chi connectivity index (χ3v) is 5.85. The van der Waals surface area contributed by atoms with Crippen molar-refractivity contribution < 1.29 is 49.3 Å². The molecule has 1 saturated carbocycles. The van der Waals surface area contributed by atoms with Gasteiger partial charge >= 0.3 is 29.6 Å². The van der Waals surface area contributed by atoms with Gasteiger partial charge in [-0.1, -0.05) is 20.8 Å². The molecule has 1 N–H and O–H groups in total. The molecule has 3 atom stereocenters. The van der Waals surface area contributed by atoms with Crippen molar-refractivity contribution in [2.75, 3.05) is 0 Å². The van der Waals surface area contributed by atoms with E-state index in [-0.39, 0.29) is 46.6 Å². The fraction of sp³-hybridized carbons (Fsp3) is 0.556. The molecule has 1 aromatic rings. The molecule has 5 nitrogen and oxygen atoms in total. The Labute approximate surface area is 163 Å². The van der Waals surface area contributed by atoms with Crippen LogP contribution in [-0.2, 0) is 6.42 Å². The molecule has 0 saturated heterocycles. The molecule has 6 heteroatoms. The Kier molecular flexibility index (Phi) is 5.09. The van der Waals surface area contributed by atoms with Gasteiger partial charge in [-0.25, -0.2) is 0 Å². The number of carbonyl (C=O) groups is 1. The number of rotatable bonds is 1. The summed E-state index contributed by atoms with van der Waals surface area (Å²) in [6, 6.07) is 4.85. The van der Waals surface area contributed by atoms with Crippen molar-refractivity contribution in [3.05, 3.63) is 28.8 Å². The average molecular weight is 337 g/mol. The SMILES string of the molecule is C[C@H]1CC[C@@H](O)C(C)(C)[C@@]12Cc1cc(C(=O)[O-])cc(C#N)c1O2.[Na+]. The third-order valence-electron chi connectivity index (χ3n) is 5.85. The van der Waals surface area contributed by atoms with E-state index in [1.165, 1.54) is 12.1 Å². The molecule has 0 radical (unpaired) electrons. The predicted molar refractivity (Wildman–Crippen MR) is 80.7 cm³/mol. The third kappa shape index (κ3) is 2.57. The molecular formula is C18H20NNaO4. The zero-order chi connectivity index (χ0) is 17.0. The van der Waals surface area contributed by atoms with E-state index in [0.717, 1.165) is 6.42 Å². The summed E-state index contributed by atoms with van der Waals surface area (Å²) in [7, 11) is 0. The maximum atomic E-state index is 11.2. The molecule has 3 rings (SSSR count). The topological polar surface area (TPSA) is 93.4 Å². The summed E-state index contributed by atoms with van der Waals surface area (Å²) in [6.07, 6.45) is 1.53. The Morgan fingerprint density at radius 3 is 2.67 bits per heavy atom. The summed E-state index contributed by atoms with van der Waals surface area (Å²) in [4.78, 5) is 11.2. The molecule has 1 spiro atoms. The minimum atomic E-state index is -1.30. The second-order valence-electron chi connectivity index (χ2n) is 7.30. The minimum absolute atomic E-state index is 0. The van der Waals surface area contributed by atoms with Gasteiger partial charge in [0.2, 0.25) is 0 Å². The monoisotopic (exact) mass is 337 g/mol. The van der Waals surface area contributed by atoms with Crippen LogP contribution in [0.1, 0.15) is 55.1 Å². The van der Waals surface area contributed by atoms with Gasteiger partial charge in [0.05, 0.1) is 17.6 Å². The second-order valence-corrected chi connectivity index (χ2v) is 7.30. The molecule has 1 aliphatic heterocycles. The number of ether oxygens (including phenoxy) is 1. The molecule has 1 aliphatic carbocycles. The van der Waals surface area contributed by atoms with Crippen molar-refractivity contribution in [2.45, 2.75) is 51.7 Å². The van der Waals surface area contributed by atoms with Crippen molar-refractivity contribution in [1.29, 1.82) is 5.26 Å². The first-order valence-corrected chi connectivity index (χ1v) is 7.88. The van der Waals surface area contributed by atoms with E-state index in [9.17, 15) is 20.3 Å². The number of aliphatic hydroxyl groups is 1. The quantitative estimate of drug-likeness (QED) is 0.624. The Morgan fingerprint density at radius 1 is 1.42 bits per heavy atom. The van der Waals surface area contributed by atoms with E-state index in [0.29, 0.717) is 24.2 Å². The summed E-state index contributed by atoms with van der Waals surface area (Å²) < 4.78 is 6.29. The number of carboxylic acids is 1. The van der Waals surface area contributed by atoms with Crippen LogP contribution in [-0.4, -0.2) is 22.8 Å². The van der Waals surface area contributed by atoms with Crippen molar-refractivity contribution in [3.63, 3.8) is 0 Å². The van der Waals surface area contributed by atoms with E-state index in [2.05, 4.69) is 6.92 Å². The van der Waals surface area contributed by atoms with E-state index in [1.807, 2.05) is 19.9 Å². The number of hydrogen-bond acceptors (Lipinski definition) is 5. The smallest absolute Gasteiger partial charge is 0.545 e. The predicted octanol–water partition coefficient (Wildman–Crippen LogP) is -1.58. The van der Waals surface area contributed by atoms with Crippen LogP contribution in [0, 0.1) is 22.7 Å². The molecule has 122 valence electrons. The number of nitriles is 1. The van der Waals surface area contributed by atoms with Crippen LogP contribution in [0.2, 0.25) is 0 Å². The largest absolute Gasteiger partial charge is 1.00 e. The van der Waals surface area contributed by atoms with Gasteiger partial charge in [0, 0.05) is 17.4 Å². The van der Waals surface area contributed by atoms with Gasteiger partial charge < -0.3 is 19.7 Å². The number of carbonyl (C=O) groups excluding carboxylic acids is 1. The van der Waals surface area contributed by atoms with E-state index >= 15 is 0 Å². The summed E-state index contributed by atoms with van der Waals surface area (Å²) in [6.45, 7) is 6.04. The second kappa shape index (κ2) is 6.34. The summed E-state index contributed by atoms with van der Waals surface area (Å²) in [5, 5.41) is 31.0. The molecule has 0 bridgehead atoms. The number of aromatic carboxylic acids is 1. The Morgan fingerprint density at radius 2 is 2.08 bits per heavy atom. The van der Waals surface area contributed by atoms with Gasteiger partial charge in [-0.2, -0.15) is 5.26 Å². The summed E-state index contributed by atoms with van der Waals surface area (Å²) in [5.41, 5.74) is -0.233. The van der Waals surface area contributed by atoms with Crippen LogP contribution in [0.4, 0.5) is 0 Å². The molecule has 2 aliphatic rings. The van der Waals surface area contributed by atoms with Crippen LogP contribution in [0.25, 0.3) is 0 Å². The van der Waals surface area contributed by atoms with Crippen LogP contribution >= 0.6 is 0 Å². The molecule has 1 heterocycles. The number of hydrogen-bond donors (Lipinski definition) is 1. The first-order valence-electron chi connectivity index (χ1n) is 7.88. The molecule has 0 amide bonds. The van der Waals surface area contributed by atoms with Gasteiger partial charge in [0.25, 0.3) is 0 Å². The van der Waals surface area contributed by atoms with Gasteiger partial charge in [0.1, 0.15) is 17.4 Å². The molecule has 0 unspecified atom stereocenters. The summed E-state index contributed by atoms with van der Waals surface area (Å²) in [5.74, 6) is -0.668. The summed E-state index contributed by atoms with van der Waals surface area (Å²) >= 11 is 0. The van der Waals surface area contributed by atoms with Crippen LogP contribution in [0.15, 0.2) is 12.1 Å². The zero-order valence-corrected chi connectivity index (χ0v) is 16.5. The van der Waals surface area contributed by atoms with Gasteiger partial charge in [-0.3, -0.25) is 0 Å². The fourth-order valence-corrected chi connectivity index (χ4v) is 4.20. The standard InChI is InChI=1S/C18H21NO4.Na/c1-10-4-5-14(20)17(2,3)18(10)8-12-6-11(16(21)22)7-13(9-19)15(12)23-18;/h6-7,10,14,20H,4-5,8H2,1-3H3,(H,21,22);/q;+1/p-1/t10-,14+,18+;/m0./s1. The van der Waals surface area contributed by atoms with Crippen LogP contribution in [0.5, 0.6) is 5.75 Å². The molecule has 1 aromatic carbocycles. The molecule has 1 fully saturated rings. The first kappa shape index (κ1) is 19.3. The minimum Gasteiger partial charge on any atom is -0.545 e. The molecule has 24 heavy (non-hydrogen) atoms. The fourth-order valence-electron chi connectivity index (χ4n) is 4.20. The zero-order valence-electron chi connectivity index (χ0n) is 14.5. The molecular weight excluding hydrogens is 317 g/mol. The van der Waals surface area contributed by atoms with Gasteiger partial charge in [-0.15, -0.1) is 0 Å². The van der Waals surface area contributed by atoms with E-state index in [1.54, 1.807) is 0 Å². The van der Waals surface area contributed by atoms with Crippen molar-refractivity contribution in [3.8, 4) is 11.8 Å². The number of fused-ring (bicyclic) bond motifs is 1. The maximum absolute atomic E-state index is 11.2. The number of carboxylic acid groups (broad SMARTS) is 1. The normalized spacial score (nSPS) is 30.0. The van der Waals surface area contributed by atoms with Crippen molar-refractivity contribution in [2.24, 2.45) is 11.3 Å². The van der Waals surface area contributed by atoms with Crippen molar-refractivity contribution >= 4 is 5.97 Å². The number of benzene rings is 1. The van der Waals surface area contributed by atoms with Crippen LogP contribution < -0.4 is 39.4 Å². The average Bonchev–Trinajstić information content (AvgIpc) is 2.90. The first-order chi connectivity index (χ1) is 10.7. The molecule has 0 aromatic heterocycles. The Bertz CT molecular complexity index is 724.